The Hall–Kier alpha value is -2.41. The van der Waals surface area contributed by atoms with E-state index in [1.165, 1.54) is 0 Å². The number of nitrogens with zero attached hydrogens (tertiary/aromatic N) is 3. The minimum absolute atomic E-state index is 0.122. The monoisotopic (exact) mass is 347 g/mol. The topological polar surface area (TPSA) is 88.9 Å². The van der Waals surface area contributed by atoms with Crippen LogP contribution in [0.25, 0.3) is 0 Å². The van der Waals surface area contributed by atoms with Crippen molar-refractivity contribution in [2.24, 2.45) is 0 Å². The fourth-order valence-corrected chi connectivity index (χ4v) is 2.82. The molecule has 1 aliphatic heterocycles. The lowest BCUT2D eigenvalue weighted by atomic mass is 10.1. The predicted octanol–water partition coefficient (Wildman–Crippen LogP) is 2.87. The number of anilines is 2. The molecule has 24 heavy (non-hydrogen) atoms. The van der Waals surface area contributed by atoms with E-state index in [2.05, 4.69) is 20.8 Å². The number of carbonyl (C=O) groups is 2. The number of amides is 2. The van der Waals surface area contributed by atoms with Crippen molar-refractivity contribution >= 4 is 34.8 Å². The number of fused-ring (bicyclic) bond motifs is 1. The fraction of sp³-hybridized carbons (Fsp3) is 0.375. The number of aryl methyl sites for hydroxylation is 1. The highest BCUT2D eigenvalue weighted by atomic mass is 35.5. The van der Waals surface area contributed by atoms with E-state index in [0.29, 0.717) is 28.6 Å². The first-order valence-corrected chi connectivity index (χ1v) is 8.29. The lowest BCUT2D eigenvalue weighted by molar-refractivity contribution is -0.115. The number of hydrogen-bond donors (Lipinski definition) is 2. The lowest BCUT2D eigenvalue weighted by Crippen LogP contribution is -2.21. The summed E-state index contributed by atoms with van der Waals surface area (Å²) >= 11 is 6.15. The molecule has 1 aromatic carbocycles. The van der Waals surface area contributed by atoms with Crippen molar-refractivity contribution in [2.75, 3.05) is 10.6 Å². The molecule has 3 rings (SSSR count). The van der Waals surface area contributed by atoms with Gasteiger partial charge in [-0.1, -0.05) is 18.5 Å². The van der Waals surface area contributed by atoms with Crippen LogP contribution in [0.4, 0.5) is 11.4 Å². The third-order valence-electron chi connectivity index (χ3n) is 3.88. The first-order chi connectivity index (χ1) is 11.6. The summed E-state index contributed by atoms with van der Waals surface area (Å²) in [6.45, 7) is 2.52. The van der Waals surface area contributed by atoms with Crippen molar-refractivity contribution in [3.05, 3.63) is 34.9 Å². The Morgan fingerprint density at radius 3 is 2.83 bits per heavy atom. The van der Waals surface area contributed by atoms with Gasteiger partial charge in [0, 0.05) is 25.1 Å². The van der Waals surface area contributed by atoms with Crippen LogP contribution in [-0.2, 0) is 17.8 Å². The molecular weight excluding hydrogens is 330 g/mol. The van der Waals surface area contributed by atoms with Crippen LogP contribution in [0.2, 0.25) is 5.02 Å². The van der Waals surface area contributed by atoms with Gasteiger partial charge < -0.3 is 15.2 Å². The normalized spacial score (nSPS) is 13.2. The Kier molecular flexibility index (Phi) is 4.80. The van der Waals surface area contributed by atoms with Crippen molar-refractivity contribution in [1.29, 1.82) is 0 Å². The second kappa shape index (κ2) is 7.00. The fourth-order valence-electron chi connectivity index (χ4n) is 2.60. The zero-order valence-electron chi connectivity index (χ0n) is 13.3. The Morgan fingerprint density at radius 1 is 1.25 bits per heavy atom. The number of halogens is 1. The molecule has 0 saturated carbocycles. The van der Waals surface area contributed by atoms with Crippen molar-refractivity contribution in [1.82, 2.24) is 14.8 Å². The summed E-state index contributed by atoms with van der Waals surface area (Å²) < 4.78 is 1.86. The average molecular weight is 348 g/mol. The maximum absolute atomic E-state index is 12.4. The molecule has 0 spiro atoms. The molecule has 0 saturated heterocycles. The summed E-state index contributed by atoms with van der Waals surface area (Å²) in [5.41, 5.74) is 1.05. The summed E-state index contributed by atoms with van der Waals surface area (Å²) in [6, 6.07) is 4.94. The van der Waals surface area contributed by atoms with Crippen LogP contribution < -0.4 is 10.6 Å². The minimum Gasteiger partial charge on any atom is -0.325 e. The molecule has 7 nitrogen and oxygen atoms in total. The van der Waals surface area contributed by atoms with Gasteiger partial charge in [-0.25, -0.2) is 0 Å². The number of carbonyl (C=O) groups excluding carboxylic acids is 2. The smallest absolute Gasteiger partial charge is 0.293 e. The molecular formula is C16H18ClN5O2. The van der Waals surface area contributed by atoms with Crippen LogP contribution in [-0.4, -0.2) is 26.6 Å². The van der Waals surface area contributed by atoms with E-state index in [1.54, 1.807) is 25.1 Å². The zero-order chi connectivity index (χ0) is 17.1. The van der Waals surface area contributed by atoms with E-state index < -0.39 is 0 Å². The van der Waals surface area contributed by atoms with Crippen LogP contribution >= 0.6 is 11.6 Å². The Labute approximate surface area is 144 Å². The van der Waals surface area contributed by atoms with Crippen molar-refractivity contribution in [3.63, 3.8) is 0 Å². The summed E-state index contributed by atoms with van der Waals surface area (Å²) in [6.07, 6.45) is 3.30. The van der Waals surface area contributed by atoms with E-state index in [-0.39, 0.29) is 11.8 Å². The first-order valence-electron chi connectivity index (χ1n) is 7.91. The highest BCUT2D eigenvalue weighted by molar-refractivity contribution is 6.34. The van der Waals surface area contributed by atoms with Crippen molar-refractivity contribution in [3.8, 4) is 0 Å². The first kappa shape index (κ1) is 16.4. The Morgan fingerprint density at radius 2 is 2.08 bits per heavy atom. The van der Waals surface area contributed by atoms with Crippen molar-refractivity contribution < 1.29 is 9.59 Å². The van der Waals surface area contributed by atoms with Gasteiger partial charge in [0.2, 0.25) is 11.7 Å². The van der Waals surface area contributed by atoms with Gasteiger partial charge in [-0.3, -0.25) is 9.59 Å². The standard InChI is InChI=1S/C16H18ClN5O2/c1-2-14(23)19-12-7-6-10(9-11(12)17)18-16(24)15-21-20-13-5-3-4-8-22(13)15/h6-7,9H,2-5,8H2,1H3,(H,18,24)(H,19,23). The highest BCUT2D eigenvalue weighted by Crippen LogP contribution is 2.26. The van der Waals surface area contributed by atoms with Gasteiger partial charge >= 0.3 is 0 Å². The second-order valence-electron chi connectivity index (χ2n) is 5.60. The van der Waals surface area contributed by atoms with Crippen LogP contribution in [0.5, 0.6) is 0 Å². The predicted molar refractivity (Wildman–Crippen MR) is 91.3 cm³/mol. The molecule has 1 aliphatic rings. The molecule has 0 unspecified atom stereocenters. The Bertz CT molecular complexity index is 787. The summed E-state index contributed by atoms with van der Waals surface area (Å²) in [4.78, 5) is 23.9. The van der Waals surface area contributed by atoms with Crippen LogP contribution in [0.3, 0.4) is 0 Å². The van der Waals surface area contributed by atoms with Crippen LogP contribution in [0.15, 0.2) is 18.2 Å². The van der Waals surface area contributed by atoms with Crippen molar-refractivity contribution in [2.45, 2.75) is 39.2 Å². The van der Waals surface area contributed by atoms with Crippen LogP contribution in [0, 0.1) is 0 Å². The van der Waals surface area contributed by atoms with Gasteiger partial charge in [0.15, 0.2) is 0 Å². The number of aromatic nitrogens is 3. The van der Waals surface area contributed by atoms with E-state index in [4.69, 9.17) is 11.6 Å². The molecule has 0 fully saturated rings. The SMILES string of the molecule is CCC(=O)Nc1ccc(NC(=O)c2nnc3n2CCCC3)cc1Cl. The van der Waals surface area contributed by atoms with E-state index in [0.717, 1.165) is 31.6 Å². The summed E-state index contributed by atoms with van der Waals surface area (Å²) in [5, 5.41) is 13.9. The summed E-state index contributed by atoms with van der Waals surface area (Å²) in [7, 11) is 0. The third kappa shape index (κ3) is 3.41. The molecule has 2 amide bonds. The van der Waals surface area contributed by atoms with E-state index in [9.17, 15) is 9.59 Å². The van der Waals surface area contributed by atoms with Gasteiger partial charge in [0.05, 0.1) is 10.7 Å². The summed E-state index contributed by atoms with van der Waals surface area (Å²) in [5.74, 6) is 0.715. The van der Waals surface area contributed by atoms with Crippen LogP contribution in [0.1, 0.15) is 42.6 Å². The molecule has 0 atom stereocenters. The third-order valence-corrected chi connectivity index (χ3v) is 4.20. The number of hydrogen-bond acceptors (Lipinski definition) is 4. The quantitative estimate of drug-likeness (QED) is 0.890. The molecule has 8 heteroatoms. The number of rotatable bonds is 4. The zero-order valence-corrected chi connectivity index (χ0v) is 14.1. The van der Waals surface area contributed by atoms with Gasteiger partial charge in [-0.05, 0) is 31.0 Å². The molecule has 1 aromatic heterocycles. The maximum atomic E-state index is 12.4. The minimum atomic E-state index is -0.322. The lowest BCUT2D eigenvalue weighted by Gasteiger charge is -2.14. The van der Waals surface area contributed by atoms with E-state index in [1.807, 2.05) is 4.57 Å². The number of nitrogens with one attached hydrogen (secondary N) is 2. The highest BCUT2D eigenvalue weighted by Gasteiger charge is 2.21. The molecule has 2 aromatic rings. The van der Waals surface area contributed by atoms with Gasteiger partial charge in [0.25, 0.3) is 5.91 Å². The molecule has 0 aliphatic carbocycles. The average Bonchev–Trinajstić information content (AvgIpc) is 3.01. The number of benzene rings is 1. The Balaban J connectivity index is 1.74. The van der Waals surface area contributed by atoms with E-state index >= 15 is 0 Å². The largest absolute Gasteiger partial charge is 0.325 e. The molecule has 0 bridgehead atoms. The van der Waals surface area contributed by atoms with Gasteiger partial charge in [-0.2, -0.15) is 0 Å². The van der Waals surface area contributed by atoms with Gasteiger partial charge in [-0.15, -0.1) is 10.2 Å². The molecule has 2 N–H and O–H groups in total. The molecule has 126 valence electrons. The maximum Gasteiger partial charge on any atom is 0.293 e. The van der Waals surface area contributed by atoms with Gasteiger partial charge in [0.1, 0.15) is 5.82 Å². The second-order valence-corrected chi connectivity index (χ2v) is 6.01. The molecule has 2 heterocycles. The molecule has 0 radical (unpaired) electrons.